The third kappa shape index (κ3) is 5.64. The van der Waals surface area contributed by atoms with Gasteiger partial charge in [-0.25, -0.2) is 0 Å². The Morgan fingerprint density at radius 1 is 1.62 bits per heavy atom. The second-order valence-corrected chi connectivity index (χ2v) is 4.04. The molecule has 1 fully saturated rings. The van der Waals surface area contributed by atoms with E-state index in [1.54, 1.807) is 0 Å². The fraction of sp³-hybridized carbons (Fsp3) is 0.900. The number of nitrogens with one attached hydrogen (secondary N) is 1. The molecule has 0 aliphatic heterocycles. The van der Waals surface area contributed by atoms with E-state index in [0.717, 1.165) is 12.5 Å². The van der Waals surface area contributed by atoms with Crippen LogP contribution < -0.4 is 5.32 Å². The van der Waals surface area contributed by atoms with Gasteiger partial charge in [-0.05, 0) is 32.2 Å². The molecule has 76 valence electrons. The molecule has 13 heavy (non-hydrogen) atoms. The highest BCUT2D eigenvalue weighted by molar-refractivity contribution is 5.67. The third-order valence-electron chi connectivity index (χ3n) is 2.46. The fourth-order valence-corrected chi connectivity index (χ4v) is 1.48. The molecule has 0 amide bonds. The van der Waals surface area contributed by atoms with E-state index in [4.69, 9.17) is 5.11 Å². The fourth-order valence-electron chi connectivity index (χ4n) is 1.48. The van der Waals surface area contributed by atoms with Crippen molar-refractivity contribution in [2.45, 2.75) is 45.1 Å². The molecule has 0 aromatic heterocycles. The molecule has 0 saturated heterocycles. The van der Waals surface area contributed by atoms with Crippen molar-refractivity contribution in [3.05, 3.63) is 0 Å². The Morgan fingerprint density at radius 2 is 2.31 bits per heavy atom. The Morgan fingerprint density at radius 3 is 2.85 bits per heavy atom. The van der Waals surface area contributed by atoms with Gasteiger partial charge in [0.25, 0.3) is 0 Å². The first-order chi connectivity index (χ1) is 6.18. The zero-order valence-corrected chi connectivity index (χ0v) is 8.25. The smallest absolute Gasteiger partial charge is 0.304 e. The summed E-state index contributed by atoms with van der Waals surface area (Å²) in [6.45, 7) is 2.89. The molecular formula is C10H19NO2. The van der Waals surface area contributed by atoms with E-state index < -0.39 is 5.97 Å². The van der Waals surface area contributed by atoms with Gasteiger partial charge in [0.1, 0.15) is 0 Å². The minimum Gasteiger partial charge on any atom is -0.481 e. The van der Waals surface area contributed by atoms with Crippen LogP contribution in [-0.4, -0.2) is 23.7 Å². The van der Waals surface area contributed by atoms with Crippen molar-refractivity contribution < 1.29 is 9.90 Å². The van der Waals surface area contributed by atoms with Crippen molar-refractivity contribution in [1.29, 1.82) is 0 Å². The van der Waals surface area contributed by atoms with E-state index in [0.29, 0.717) is 0 Å². The van der Waals surface area contributed by atoms with Crippen molar-refractivity contribution in [3.8, 4) is 0 Å². The van der Waals surface area contributed by atoms with E-state index in [1.807, 2.05) is 6.92 Å². The van der Waals surface area contributed by atoms with Crippen molar-refractivity contribution in [1.82, 2.24) is 5.32 Å². The number of hydrogen-bond acceptors (Lipinski definition) is 2. The lowest BCUT2D eigenvalue weighted by molar-refractivity contribution is -0.137. The largest absolute Gasteiger partial charge is 0.481 e. The first kappa shape index (κ1) is 10.5. The van der Waals surface area contributed by atoms with Crippen LogP contribution in [0.15, 0.2) is 0 Å². The van der Waals surface area contributed by atoms with Crippen molar-refractivity contribution >= 4 is 5.97 Å². The third-order valence-corrected chi connectivity index (χ3v) is 2.46. The van der Waals surface area contributed by atoms with Crippen LogP contribution in [-0.2, 0) is 4.79 Å². The van der Waals surface area contributed by atoms with Crippen molar-refractivity contribution in [2.24, 2.45) is 5.92 Å². The quantitative estimate of drug-likeness (QED) is 0.593. The molecule has 1 unspecified atom stereocenters. The minimum atomic E-state index is -0.720. The molecule has 1 aliphatic rings. The summed E-state index contributed by atoms with van der Waals surface area (Å²) in [6, 6.07) is 0.108. The average Bonchev–Trinajstić information content (AvgIpc) is 2.80. The number of carboxylic acid groups (broad SMARTS) is 1. The highest BCUT2D eigenvalue weighted by atomic mass is 16.4. The van der Waals surface area contributed by atoms with Crippen LogP contribution in [0.25, 0.3) is 0 Å². The number of aliphatic carboxylic acids is 1. The molecular weight excluding hydrogens is 166 g/mol. The van der Waals surface area contributed by atoms with Crippen LogP contribution in [0.1, 0.15) is 39.0 Å². The van der Waals surface area contributed by atoms with Gasteiger partial charge in [0.15, 0.2) is 0 Å². The standard InChI is InChI=1S/C10H19NO2/c1-8(7-10(12)13)11-6-2-3-9-4-5-9/h8-9,11H,2-7H2,1H3,(H,12,13). The lowest BCUT2D eigenvalue weighted by Gasteiger charge is -2.10. The zero-order valence-electron chi connectivity index (χ0n) is 8.25. The molecule has 1 saturated carbocycles. The second kappa shape index (κ2) is 5.22. The number of hydrogen-bond donors (Lipinski definition) is 2. The van der Waals surface area contributed by atoms with E-state index in [1.165, 1.54) is 25.7 Å². The summed E-state index contributed by atoms with van der Waals surface area (Å²) in [7, 11) is 0. The summed E-state index contributed by atoms with van der Waals surface area (Å²) < 4.78 is 0. The van der Waals surface area contributed by atoms with Crippen LogP contribution in [0.3, 0.4) is 0 Å². The molecule has 3 heteroatoms. The Kier molecular flexibility index (Phi) is 4.22. The summed E-state index contributed by atoms with van der Waals surface area (Å²) in [5.74, 6) is 0.263. The number of carboxylic acids is 1. The summed E-state index contributed by atoms with van der Waals surface area (Å²) in [5, 5.41) is 11.7. The Bertz CT molecular complexity index is 166. The molecule has 0 aromatic rings. The predicted molar refractivity (Wildman–Crippen MR) is 51.7 cm³/mol. The summed E-state index contributed by atoms with van der Waals surface area (Å²) in [5.41, 5.74) is 0. The van der Waals surface area contributed by atoms with Crippen molar-refractivity contribution in [2.75, 3.05) is 6.54 Å². The normalized spacial score (nSPS) is 18.5. The van der Waals surface area contributed by atoms with E-state index in [-0.39, 0.29) is 12.5 Å². The molecule has 1 atom stereocenters. The molecule has 1 aliphatic carbocycles. The molecule has 0 spiro atoms. The van der Waals surface area contributed by atoms with E-state index in [9.17, 15) is 4.79 Å². The monoisotopic (exact) mass is 185 g/mol. The Balaban J connectivity index is 1.88. The van der Waals surface area contributed by atoms with Crippen LogP contribution >= 0.6 is 0 Å². The van der Waals surface area contributed by atoms with E-state index in [2.05, 4.69) is 5.32 Å². The molecule has 3 nitrogen and oxygen atoms in total. The Labute approximate surface area is 79.5 Å². The predicted octanol–water partition coefficient (Wildman–Crippen LogP) is 1.63. The number of carbonyl (C=O) groups is 1. The van der Waals surface area contributed by atoms with Gasteiger partial charge in [-0.3, -0.25) is 4.79 Å². The second-order valence-electron chi connectivity index (χ2n) is 4.04. The first-order valence-corrected chi connectivity index (χ1v) is 5.13. The van der Waals surface area contributed by atoms with Gasteiger partial charge in [0, 0.05) is 6.04 Å². The summed E-state index contributed by atoms with van der Waals surface area (Å²) >= 11 is 0. The molecule has 2 N–H and O–H groups in total. The maximum absolute atomic E-state index is 10.3. The van der Waals surface area contributed by atoms with Gasteiger partial charge in [-0.2, -0.15) is 0 Å². The highest BCUT2D eigenvalue weighted by Gasteiger charge is 2.20. The first-order valence-electron chi connectivity index (χ1n) is 5.13. The van der Waals surface area contributed by atoms with Gasteiger partial charge >= 0.3 is 5.97 Å². The van der Waals surface area contributed by atoms with Gasteiger partial charge in [0.2, 0.25) is 0 Å². The number of rotatable bonds is 7. The zero-order chi connectivity index (χ0) is 9.68. The van der Waals surface area contributed by atoms with Crippen LogP contribution in [0.5, 0.6) is 0 Å². The Hall–Kier alpha value is -0.570. The topological polar surface area (TPSA) is 49.3 Å². The van der Waals surface area contributed by atoms with Crippen LogP contribution in [0.2, 0.25) is 0 Å². The average molecular weight is 185 g/mol. The summed E-state index contributed by atoms with van der Waals surface area (Å²) in [4.78, 5) is 10.3. The lowest BCUT2D eigenvalue weighted by atomic mass is 10.2. The molecule has 0 radical (unpaired) electrons. The van der Waals surface area contributed by atoms with Gasteiger partial charge in [-0.15, -0.1) is 0 Å². The minimum absolute atomic E-state index is 0.108. The van der Waals surface area contributed by atoms with Crippen LogP contribution in [0.4, 0.5) is 0 Å². The van der Waals surface area contributed by atoms with Crippen LogP contribution in [0, 0.1) is 5.92 Å². The van der Waals surface area contributed by atoms with Gasteiger partial charge in [0.05, 0.1) is 6.42 Å². The SMILES string of the molecule is CC(CC(=O)O)NCCCC1CC1. The summed E-state index contributed by atoms with van der Waals surface area (Å²) in [6.07, 6.45) is 5.54. The maximum Gasteiger partial charge on any atom is 0.304 e. The van der Waals surface area contributed by atoms with Crippen molar-refractivity contribution in [3.63, 3.8) is 0 Å². The van der Waals surface area contributed by atoms with Gasteiger partial charge in [-0.1, -0.05) is 12.8 Å². The highest BCUT2D eigenvalue weighted by Crippen LogP contribution is 2.33. The van der Waals surface area contributed by atoms with Gasteiger partial charge < -0.3 is 10.4 Å². The maximum atomic E-state index is 10.3. The molecule has 0 aromatic carbocycles. The molecule has 1 rings (SSSR count). The molecule has 0 heterocycles. The van der Waals surface area contributed by atoms with E-state index >= 15 is 0 Å². The lowest BCUT2D eigenvalue weighted by Crippen LogP contribution is -2.29. The molecule has 0 bridgehead atoms.